The van der Waals surface area contributed by atoms with E-state index in [2.05, 4.69) is 0 Å². The van der Waals surface area contributed by atoms with E-state index < -0.39 is 6.09 Å². The Hall–Kier alpha value is -0.770. The quantitative estimate of drug-likeness (QED) is 0.496. The van der Waals surface area contributed by atoms with Crippen molar-refractivity contribution in [3.8, 4) is 0 Å². The molecule has 0 radical (unpaired) electrons. The smallest absolute Gasteiger partial charge is 0.408 e. The summed E-state index contributed by atoms with van der Waals surface area (Å²) in [4.78, 5) is 13.6. The Morgan fingerprint density at radius 1 is 1.56 bits per heavy atom. The predicted molar refractivity (Wildman–Crippen MR) is 32.2 cm³/mol. The zero-order valence-electron chi connectivity index (χ0n) is 5.37. The van der Waals surface area contributed by atoms with Crippen molar-refractivity contribution in [3.63, 3.8) is 0 Å². The van der Waals surface area contributed by atoms with Crippen LogP contribution in [0.2, 0.25) is 0 Å². The van der Waals surface area contributed by atoms with Gasteiger partial charge in [0.1, 0.15) is 0 Å². The number of hydrogen-bond acceptors (Lipinski definition) is 2. The summed E-state index contributed by atoms with van der Waals surface area (Å²) in [7, 11) is 1.91. The van der Waals surface area contributed by atoms with Gasteiger partial charge in [-0.25, -0.2) is 4.79 Å². The second kappa shape index (κ2) is 2.23. The highest BCUT2D eigenvalue weighted by atomic mass is 16.4. The lowest BCUT2D eigenvalue weighted by Gasteiger charge is -2.09. The van der Waals surface area contributed by atoms with Crippen molar-refractivity contribution < 1.29 is 9.90 Å². The van der Waals surface area contributed by atoms with Gasteiger partial charge in [0.2, 0.25) is 0 Å². The SMILES string of the molecule is CN1CCN(C(=O)O)C1. The summed E-state index contributed by atoms with van der Waals surface area (Å²) in [5, 5.41) is 8.43. The fourth-order valence-electron chi connectivity index (χ4n) is 0.880. The van der Waals surface area contributed by atoms with Crippen LogP contribution in [0, 0.1) is 0 Å². The molecule has 0 aromatic heterocycles. The minimum atomic E-state index is -0.820. The molecule has 0 aromatic rings. The topological polar surface area (TPSA) is 43.8 Å². The minimum Gasteiger partial charge on any atom is -0.465 e. The van der Waals surface area contributed by atoms with Gasteiger partial charge in [0.15, 0.2) is 0 Å². The van der Waals surface area contributed by atoms with Gasteiger partial charge < -0.3 is 5.11 Å². The number of amides is 1. The molecule has 0 bridgehead atoms. The summed E-state index contributed by atoms with van der Waals surface area (Å²) >= 11 is 0. The van der Waals surface area contributed by atoms with E-state index in [1.807, 2.05) is 11.9 Å². The third-order valence-corrected chi connectivity index (χ3v) is 1.43. The maximum absolute atomic E-state index is 10.2. The lowest BCUT2D eigenvalue weighted by molar-refractivity contribution is 0.149. The Bertz CT molecular complexity index is 126. The molecule has 0 aliphatic carbocycles. The highest BCUT2D eigenvalue weighted by molar-refractivity contribution is 5.65. The van der Waals surface area contributed by atoms with Crippen LogP contribution in [0.5, 0.6) is 0 Å². The fourth-order valence-corrected chi connectivity index (χ4v) is 0.880. The number of hydrogen-bond donors (Lipinski definition) is 1. The van der Waals surface area contributed by atoms with Crippen molar-refractivity contribution in [1.82, 2.24) is 9.80 Å². The highest BCUT2D eigenvalue weighted by Crippen LogP contribution is 2.00. The normalized spacial score (nSPS) is 20.8. The molecule has 1 aliphatic heterocycles. The molecule has 1 heterocycles. The average Bonchev–Trinajstić information content (AvgIpc) is 2.14. The largest absolute Gasteiger partial charge is 0.465 e. The van der Waals surface area contributed by atoms with E-state index in [1.165, 1.54) is 4.90 Å². The highest BCUT2D eigenvalue weighted by Gasteiger charge is 2.19. The van der Waals surface area contributed by atoms with Gasteiger partial charge in [-0.15, -0.1) is 0 Å². The van der Waals surface area contributed by atoms with E-state index in [9.17, 15) is 4.79 Å². The van der Waals surface area contributed by atoms with E-state index in [0.717, 1.165) is 6.54 Å². The van der Waals surface area contributed by atoms with Crippen LogP contribution < -0.4 is 0 Å². The Kier molecular flexibility index (Phi) is 1.57. The van der Waals surface area contributed by atoms with Crippen LogP contribution in [-0.4, -0.2) is 47.8 Å². The van der Waals surface area contributed by atoms with Gasteiger partial charge in [-0.3, -0.25) is 9.80 Å². The van der Waals surface area contributed by atoms with Gasteiger partial charge in [-0.2, -0.15) is 0 Å². The van der Waals surface area contributed by atoms with Crippen LogP contribution in [0.4, 0.5) is 4.79 Å². The molecule has 0 aromatic carbocycles. The van der Waals surface area contributed by atoms with Gasteiger partial charge in [-0.05, 0) is 7.05 Å². The predicted octanol–water partition coefficient (Wildman–Crippen LogP) is -0.131. The summed E-state index contributed by atoms with van der Waals surface area (Å²) < 4.78 is 0. The second-order valence-electron chi connectivity index (χ2n) is 2.27. The molecule has 1 N–H and O–H groups in total. The Morgan fingerprint density at radius 3 is 2.44 bits per heavy atom. The molecule has 0 unspecified atom stereocenters. The van der Waals surface area contributed by atoms with Crippen LogP contribution in [-0.2, 0) is 0 Å². The second-order valence-corrected chi connectivity index (χ2v) is 2.27. The van der Waals surface area contributed by atoms with Crippen LogP contribution >= 0.6 is 0 Å². The van der Waals surface area contributed by atoms with Crippen molar-refractivity contribution in [2.24, 2.45) is 0 Å². The number of likely N-dealkylation sites (N-methyl/N-ethyl adjacent to an activating group) is 1. The molecule has 0 saturated carbocycles. The maximum Gasteiger partial charge on any atom is 0.408 e. The average molecular weight is 130 g/mol. The van der Waals surface area contributed by atoms with Gasteiger partial charge >= 0.3 is 6.09 Å². The van der Waals surface area contributed by atoms with Crippen LogP contribution in [0.25, 0.3) is 0 Å². The molecule has 0 spiro atoms. The molecule has 1 aliphatic rings. The van der Waals surface area contributed by atoms with Crippen LogP contribution in [0.3, 0.4) is 0 Å². The number of carboxylic acid groups (broad SMARTS) is 1. The summed E-state index contributed by atoms with van der Waals surface area (Å²) in [5.74, 6) is 0. The molecule has 52 valence electrons. The van der Waals surface area contributed by atoms with Gasteiger partial charge in [0, 0.05) is 13.1 Å². The molecule has 1 saturated heterocycles. The summed E-state index contributed by atoms with van der Waals surface area (Å²) in [5.41, 5.74) is 0. The lowest BCUT2D eigenvalue weighted by Crippen LogP contribution is -2.28. The zero-order chi connectivity index (χ0) is 6.85. The van der Waals surface area contributed by atoms with E-state index in [0.29, 0.717) is 13.2 Å². The lowest BCUT2D eigenvalue weighted by atomic mass is 10.6. The van der Waals surface area contributed by atoms with E-state index in [4.69, 9.17) is 5.11 Å². The first-order valence-corrected chi connectivity index (χ1v) is 2.86. The third-order valence-electron chi connectivity index (χ3n) is 1.43. The summed E-state index contributed by atoms with van der Waals surface area (Å²) in [6.07, 6.45) is -0.820. The summed E-state index contributed by atoms with van der Waals surface area (Å²) in [6, 6.07) is 0. The Labute approximate surface area is 53.7 Å². The molecule has 4 heteroatoms. The van der Waals surface area contributed by atoms with Crippen LogP contribution in [0.15, 0.2) is 0 Å². The molecule has 0 atom stereocenters. The fraction of sp³-hybridized carbons (Fsp3) is 0.800. The maximum atomic E-state index is 10.2. The van der Waals surface area contributed by atoms with Crippen LogP contribution in [0.1, 0.15) is 0 Å². The van der Waals surface area contributed by atoms with Crippen molar-refractivity contribution in [2.45, 2.75) is 0 Å². The van der Waals surface area contributed by atoms with Crippen molar-refractivity contribution in [2.75, 3.05) is 26.8 Å². The molecule has 1 fully saturated rings. The first-order chi connectivity index (χ1) is 4.20. The molecule has 9 heavy (non-hydrogen) atoms. The molecular formula is C5H10N2O2. The molecule has 1 rings (SSSR count). The Morgan fingerprint density at radius 2 is 2.22 bits per heavy atom. The van der Waals surface area contributed by atoms with Gasteiger partial charge in [-0.1, -0.05) is 0 Å². The first-order valence-electron chi connectivity index (χ1n) is 2.86. The van der Waals surface area contributed by atoms with Gasteiger partial charge in [0.05, 0.1) is 6.67 Å². The summed E-state index contributed by atoms with van der Waals surface area (Å²) in [6.45, 7) is 2.05. The molecule has 1 amide bonds. The standard InChI is InChI=1S/C5H10N2O2/c1-6-2-3-7(4-6)5(8)9/h2-4H2,1H3,(H,8,9). The third kappa shape index (κ3) is 1.32. The van der Waals surface area contributed by atoms with Crippen molar-refractivity contribution in [1.29, 1.82) is 0 Å². The van der Waals surface area contributed by atoms with E-state index in [-0.39, 0.29) is 0 Å². The zero-order valence-corrected chi connectivity index (χ0v) is 5.37. The number of rotatable bonds is 0. The minimum absolute atomic E-state index is 0.551. The van der Waals surface area contributed by atoms with Crippen molar-refractivity contribution >= 4 is 6.09 Å². The van der Waals surface area contributed by atoms with Gasteiger partial charge in [0.25, 0.3) is 0 Å². The first kappa shape index (κ1) is 6.35. The molecule has 4 nitrogen and oxygen atoms in total. The van der Waals surface area contributed by atoms with Crippen molar-refractivity contribution in [3.05, 3.63) is 0 Å². The molecular weight excluding hydrogens is 120 g/mol. The Balaban J connectivity index is 2.39. The monoisotopic (exact) mass is 130 g/mol. The number of nitrogens with zero attached hydrogens (tertiary/aromatic N) is 2. The number of carbonyl (C=O) groups is 1. The van der Waals surface area contributed by atoms with E-state index >= 15 is 0 Å². The van der Waals surface area contributed by atoms with E-state index in [1.54, 1.807) is 0 Å².